The number of carbonyl (C=O) groups excluding carboxylic acids is 1. The number of alkyl halides is 3. The number of benzene rings is 2. The molecule has 0 atom stereocenters. The number of nitrogens with one attached hydrogen (secondary N) is 1. The molecule has 24 heavy (non-hydrogen) atoms. The van der Waals surface area contributed by atoms with Gasteiger partial charge in [0.25, 0.3) is 0 Å². The molecule has 6 heteroatoms. The maximum atomic E-state index is 12.5. The van der Waals surface area contributed by atoms with Crippen molar-refractivity contribution < 1.29 is 22.7 Å². The van der Waals surface area contributed by atoms with Gasteiger partial charge in [-0.05, 0) is 35.4 Å². The van der Waals surface area contributed by atoms with Gasteiger partial charge in [0.15, 0.2) is 0 Å². The van der Waals surface area contributed by atoms with E-state index in [9.17, 15) is 18.0 Å². The summed E-state index contributed by atoms with van der Waals surface area (Å²) in [7, 11) is 0. The summed E-state index contributed by atoms with van der Waals surface area (Å²) in [5.41, 5.74) is 0.856. The number of hydrogen-bond donors (Lipinski definition) is 1. The molecule has 0 aliphatic rings. The Morgan fingerprint density at radius 1 is 1.08 bits per heavy atom. The van der Waals surface area contributed by atoms with Gasteiger partial charge in [0.05, 0.1) is 5.56 Å². The minimum atomic E-state index is -4.34. The summed E-state index contributed by atoms with van der Waals surface area (Å²) in [6.07, 6.45) is -3.92. The number of halogens is 3. The third kappa shape index (κ3) is 5.30. The van der Waals surface area contributed by atoms with E-state index >= 15 is 0 Å². The molecule has 0 spiro atoms. The lowest BCUT2D eigenvalue weighted by Crippen LogP contribution is -2.21. The van der Waals surface area contributed by atoms with Crippen LogP contribution in [0, 0.1) is 0 Å². The van der Waals surface area contributed by atoms with Crippen molar-refractivity contribution in [1.29, 1.82) is 0 Å². The third-order valence-electron chi connectivity index (χ3n) is 3.40. The Morgan fingerprint density at radius 2 is 1.79 bits per heavy atom. The largest absolute Gasteiger partial charge is 0.489 e. The van der Waals surface area contributed by atoms with Crippen molar-refractivity contribution in [2.24, 2.45) is 0 Å². The average Bonchev–Trinajstić information content (AvgIpc) is 2.58. The van der Waals surface area contributed by atoms with E-state index in [2.05, 4.69) is 5.32 Å². The second-order valence-corrected chi connectivity index (χ2v) is 5.26. The fourth-order valence-corrected chi connectivity index (χ4v) is 2.03. The van der Waals surface area contributed by atoms with Gasteiger partial charge in [-0.1, -0.05) is 31.2 Å². The normalized spacial score (nSPS) is 11.2. The molecule has 2 aromatic carbocycles. The average molecular weight is 337 g/mol. The summed E-state index contributed by atoms with van der Waals surface area (Å²) in [6.45, 7) is 2.35. The quantitative estimate of drug-likeness (QED) is 0.853. The van der Waals surface area contributed by atoms with Crippen LogP contribution in [-0.2, 0) is 24.1 Å². The van der Waals surface area contributed by atoms with Crippen molar-refractivity contribution in [1.82, 2.24) is 5.32 Å². The first-order valence-electron chi connectivity index (χ1n) is 7.53. The van der Waals surface area contributed by atoms with Gasteiger partial charge in [-0.25, -0.2) is 0 Å². The summed E-state index contributed by atoms with van der Waals surface area (Å²) < 4.78 is 43.1. The molecule has 0 saturated carbocycles. The first kappa shape index (κ1) is 17.8. The Kier molecular flexibility index (Phi) is 5.84. The number of hydrogen-bond acceptors (Lipinski definition) is 2. The highest BCUT2D eigenvalue weighted by molar-refractivity contribution is 5.75. The van der Waals surface area contributed by atoms with Gasteiger partial charge in [0, 0.05) is 13.0 Å². The van der Waals surface area contributed by atoms with Crippen LogP contribution < -0.4 is 10.1 Å². The predicted octanol–water partition coefficient (Wildman–Crippen LogP) is 4.31. The van der Waals surface area contributed by atoms with Crippen molar-refractivity contribution in [3.05, 3.63) is 65.2 Å². The van der Waals surface area contributed by atoms with Gasteiger partial charge < -0.3 is 10.1 Å². The molecule has 1 amide bonds. The minimum absolute atomic E-state index is 0.0360. The fourth-order valence-electron chi connectivity index (χ4n) is 2.03. The van der Waals surface area contributed by atoms with E-state index in [-0.39, 0.29) is 12.5 Å². The van der Waals surface area contributed by atoms with E-state index in [0.717, 1.165) is 17.7 Å². The van der Waals surface area contributed by atoms with Gasteiger partial charge in [-0.3, -0.25) is 4.79 Å². The van der Waals surface area contributed by atoms with Crippen LogP contribution in [0.3, 0.4) is 0 Å². The van der Waals surface area contributed by atoms with Crippen molar-refractivity contribution in [3.63, 3.8) is 0 Å². The van der Waals surface area contributed by atoms with E-state index in [1.54, 1.807) is 25.1 Å². The van der Waals surface area contributed by atoms with Crippen molar-refractivity contribution in [2.75, 3.05) is 0 Å². The number of amides is 1. The summed E-state index contributed by atoms with van der Waals surface area (Å²) in [5, 5.41) is 2.77. The molecule has 3 nitrogen and oxygen atoms in total. The highest BCUT2D eigenvalue weighted by Crippen LogP contribution is 2.29. The molecule has 1 N–H and O–H groups in total. The molecule has 0 bridgehead atoms. The maximum absolute atomic E-state index is 12.5. The van der Waals surface area contributed by atoms with E-state index in [1.807, 2.05) is 6.07 Å². The molecule has 0 radical (unpaired) electrons. The van der Waals surface area contributed by atoms with Crippen LogP contribution in [0.5, 0.6) is 5.75 Å². The Hall–Kier alpha value is -2.50. The van der Waals surface area contributed by atoms with Crippen LogP contribution in [0.15, 0.2) is 48.5 Å². The molecule has 2 rings (SSSR count). The maximum Gasteiger partial charge on any atom is 0.416 e. The van der Waals surface area contributed by atoms with E-state index in [1.165, 1.54) is 12.1 Å². The molecule has 0 aromatic heterocycles. The lowest BCUT2D eigenvalue weighted by atomic mass is 10.1. The monoisotopic (exact) mass is 337 g/mol. The predicted molar refractivity (Wildman–Crippen MR) is 84.4 cm³/mol. The van der Waals surface area contributed by atoms with Crippen LogP contribution >= 0.6 is 0 Å². The first-order valence-corrected chi connectivity index (χ1v) is 7.53. The van der Waals surface area contributed by atoms with Gasteiger partial charge in [-0.15, -0.1) is 0 Å². The topological polar surface area (TPSA) is 38.3 Å². The zero-order valence-corrected chi connectivity index (χ0v) is 13.2. The highest BCUT2D eigenvalue weighted by Gasteiger charge is 2.29. The van der Waals surface area contributed by atoms with Gasteiger partial charge in [-0.2, -0.15) is 13.2 Å². The molecule has 0 aliphatic heterocycles. The minimum Gasteiger partial charge on any atom is -0.489 e. The summed E-state index contributed by atoms with van der Waals surface area (Å²) >= 11 is 0. The third-order valence-corrected chi connectivity index (χ3v) is 3.40. The molecule has 0 unspecified atom stereocenters. The zero-order valence-electron chi connectivity index (χ0n) is 13.2. The van der Waals surface area contributed by atoms with Crippen molar-refractivity contribution in [2.45, 2.75) is 32.7 Å². The molecule has 0 fully saturated rings. The molecule has 0 saturated heterocycles. The lowest BCUT2D eigenvalue weighted by Gasteiger charge is -2.10. The fraction of sp³-hybridized carbons (Fsp3) is 0.278. The number of ether oxygens (including phenoxy) is 1. The van der Waals surface area contributed by atoms with Gasteiger partial charge >= 0.3 is 6.18 Å². The Labute approximate surface area is 138 Å². The second kappa shape index (κ2) is 7.86. The Morgan fingerprint density at radius 3 is 2.42 bits per heavy atom. The van der Waals surface area contributed by atoms with Crippen LogP contribution in [0.25, 0.3) is 0 Å². The molecular weight excluding hydrogens is 319 g/mol. The standard InChI is InChI=1S/C18H18F3NO2/c1-2-17(23)22-11-14-4-3-5-16(10-14)24-12-13-6-8-15(9-7-13)18(19,20)21/h3-10H,2,11-12H2,1H3,(H,22,23). The molecule has 2 aromatic rings. The smallest absolute Gasteiger partial charge is 0.416 e. The molecule has 128 valence electrons. The summed E-state index contributed by atoms with van der Waals surface area (Å²) in [4.78, 5) is 11.3. The molecular formula is C18H18F3NO2. The van der Waals surface area contributed by atoms with Gasteiger partial charge in [0.1, 0.15) is 12.4 Å². The lowest BCUT2D eigenvalue weighted by molar-refractivity contribution is -0.137. The Balaban J connectivity index is 1.93. The second-order valence-electron chi connectivity index (χ2n) is 5.26. The summed E-state index contributed by atoms with van der Waals surface area (Å²) in [6, 6.07) is 12.1. The first-order chi connectivity index (χ1) is 11.4. The van der Waals surface area contributed by atoms with E-state index in [0.29, 0.717) is 24.3 Å². The van der Waals surface area contributed by atoms with Crippen LogP contribution in [0.4, 0.5) is 13.2 Å². The van der Waals surface area contributed by atoms with E-state index < -0.39 is 11.7 Å². The number of rotatable bonds is 6. The van der Waals surface area contributed by atoms with Crippen molar-refractivity contribution in [3.8, 4) is 5.75 Å². The SMILES string of the molecule is CCC(=O)NCc1cccc(OCc2ccc(C(F)(F)F)cc2)c1. The molecule has 0 heterocycles. The van der Waals surface area contributed by atoms with Gasteiger partial charge in [0.2, 0.25) is 5.91 Å². The molecule has 0 aliphatic carbocycles. The zero-order chi connectivity index (χ0) is 17.6. The van der Waals surface area contributed by atoms with Crippen LogP contribution in [0.2, 0.25) is 0 Å². The number of carbonyl (C=O) groups is 1. The summed E-state index contributed by atoms with van der Waals surface area (Å²) in [5.74, 6) is 0.559. The van der Waals surface area contributed by atoms with Crippen molar-refractivity contribution >= 4 is 5.91 Å². The van der Waals surface area contributed by atoms with E-state index in [4.69, 9.17) is 4.74 Å². The van der Waals surface area contributed by atoms with Crippen LogP contribution in [0.1, 0.15) is 30.0 Å². The van der Waals surface area contributed by atoms with Crippen LogP contribution in [-0.4, -0.2) is 5.91 Å². The highest BCUT2D eigenvalue weighted by atomic mass is 19.4. The Bertz CT molecular complexity index is 681.